The first-order valence-corrected chi connectivity index (χ1v) is 5.61. The summed E-state index contributed by atoms with van der Waals surface area (Å²) < 4.78 is 16.0. The summed E-state index contributed by atoms with van der Waals surface area (Å²) in [7, 11) is 3.25. The Morgan fingerprint density at radius 1 is 1.20 bits per heavy atom. The zero-order valence-electron chi connectivity index (χ0n) is 8.54. The number of rotatable bonds is 3. The van der Waals surface area contributed by atoms with Crippen LogP contribution in [0.5, 0.6) is 11.5 Å². The van der Waals surface area contributed by atoms with Gasteiger partial charge in [0, 0.05) is 11.5 Å². The Kier molecular flexibility index (Phi) is 2.86. The van der Waals surface area contributed by atoms with Crippen LogP contribution < -0.4 is 9.47 Å². The van der Waals surface area contributed by atoms with Crippen LogP contribution in [0.15, 0.2) is 22.6 Å². The largest absolute Gasteiger partial charge is 0.497 e. The van der Waals surface area contributed by atoms with Gasteiger partial charge < -0.3 is 13.9 Å². The van der Waals surface area contributed by atoms with Gasteiger partial charge in [0.2, 0.25) is 0 Å². The van der Waals surface area contributed by atoms with E-state index < -0.39 is 0 Å². The average Bonchev–Trinajstić information content (AvgIpc) is 2.70. The van der Waals surface area contributed by atoms with Crippen molar-refractivity contribution in [3.8, 4) is 11.5 Å². The van der Waals surface area contributed by atoms with Crippen molar-refractivity contribution in [1.29, 1.82) is 0 Å². The standard InChI is InChI=1S/C11H11BrO3/c1-13-8-3-7-4-9(6-12)15-11(7)10(5-8)14-2/h3-5H,6H2,1-2H3. The first-order valence-electron chi connectivity index (χ1n) is 4.49. The average molecular weight is 271 g/mol. The molecule has 3 nitrogen and oxygen atoms in total. The van der Waals surface area contributed by atoms with E-state index in [1.54, 1.807) is 14.2 Å². The number of hydrogen-bond acceptors (Lipinski definition) is 3. The molecule has 1 aromatic heterocycles. The fourth-order valence-corrected chi connectivity index (χ4v) is 1.76. The van der Waals surface area contributed by atoms with Crippen LogP contribution in [0.3, 0.4) is 0 Å². The number of ether oxygens (including phenoxy) is 2. The van der Waals surface area contributed by atoms with Crippen molar-refractivity contribution in [2.45, 2.75) is 5.33 Å². The molecule has 0 radical (unpaired) electrons. The molecule has 0 amide bonds. The minimum Gasteiger partial charge on any atom is -0.497 e. The van der Waals surface area contributed by atoms with Gasteiger partial charge in [0.05, 0.1) is 19.5 Å². The molecule has 0 aliphatic rings. The Balaban J connectivity index is 2.66. The molecular formula is C11H11BrO3. The van der Waals surface area contributed by atoms with Crippen LogP contribution in [0.1, 0.15) is 5.76 Å². The van der Waals surface area contributed by atoms with Gasteiger partial charge in [0.1, 0.15) is 11.5 Å². The summed E-state index contributed by atoms with van der Waals surface area (Å²) >= 11 is 3.35. The molecule has 1 aromatic carbocycles. The highest BCUT2D eigenvalue weighted by atomic mass is 79.9. The second-order valence-corrected chi connectivity index (χ2v) is 3.66. The minimum atomic E-state index is 0.688. The first-order chi connectivity index (χ1) is 7.28. The second kappa shape index (κ2) is 4.14. The zero-order valence-corrected chi connectivity index (χ0v) is 10.1. The molecule has 0 saturated heterocycles. The van der Waals surface area contributed by atoms with E-state index in [1.165, 1.54) is 0 Å². The Morgan fingerprint density at radius 3 is 2.60 bits per heavy atom. The lowest BCUT2D eigenvalue weighted by atomic mass is 10.2. The molecule has 0 unspecified atom stereocenters. The first kappa shape index (κ1) is 10.4. The van der Waals surface area contributed by atoms with Crippen LogP contribution in [0, 0.1) is 0 Å². The highest BCUT2D eigenvalue weighted by molar-refractivity contribution is 9.08. The molecule has 0 spiro atoms. The number of fused-ring (bicyclic) bond motifs is 1. The van der Waals surface area contributed by atoms with Gasteiger partial charge in [-0.2, -0.15) is 0 Å². The maximum absolute atomic E-state index is 5.61. The van der Waals surface area contributed by atoms with Gasteiger partial charge in [-0.05, 0) is 12.1 Å². The van der Waals surface area contributed by atoms with Gasteiger partial charge in [-0.1, -0.05) is 15.9 Å². The van der Waals surface area contributed by atoms with E-state index >= 15 is 0 Å². The third-order valence-electron chi connectivity index (χ3n) is 2.19. The van der Waals surface area contributed by atoms with E-state index in [2.05, 4.69) is 15.9 Å². The van der Waals surface area contributed by atoms with Gasteiger partial charge in [-0.25, -0.2) is 0 Å². The van der Waals surface area contributed by atoms with E-state index in [0.717, 1.165) is 22.5 Å². The van der Waals surface area contributed by atoms with E-state index in [4.69, 9.17) is 13.9 Å². The topological polar surface area (TPSA) is 31.6 Å². The third-order valence-corrected chi connectivity index (χ3v) is 2.75. The van der Waals surface area contributed by atoms with Crippen LogP contribution in [-0.4, -0.2) is 14.2 Å². The van der Waals surface area contributed by atoms with Crippen molar-refractivity contribution in [3.05, 3.63) is 24.0 Å². The molecule has 0 aliphatic carbocycles. The summed E-state index contributed by atoms with van der Waals surface area (Å²) in [5, 5.41) is 1.67. The van der Waals surface area contributed by atoms with Crippen molar-refractivity contribution in [2.24, 2.45) is 0 Å². The van der Waals surface area contributed by atoms with Gasteiger partial charge in [0.15, 0.2) is 11.3 Å². The number of halogens is 1. The normalized spacial score (nSPS) is 10.6. The van der Waals surface area contributed by atoms with Gasteiger partial charge in [0.25, 0.3) is 0 Å². The Bertz CT molecular complexity index is 476. The van der Waals surface area contributed by atoms with Crippen molar-refractivity contribution in [1.82, 2.24) is 0 Å². The third kappa shape index (κ3) is 1.81. The Hall–Kier alpha value is -1.16. The zero-order chi connectivity index (χ0) is 10.8. The lowest BCUT2D eigenvalue weighted by Crippen LogP contribution is -1.86. The maximum Gasteiger partial charge on any atom is 0.176 e. The van der Waals surface area contributed by atoms with Crippen LogP contribution in [0.4, 0.5) is 0 Å². The Labute approximate surface area is 96.1 Å². The molecule has 0 saturated carbocycles. The van der Waals surface area contributed by atoms with Crippen molar-refractivity contribution in [2.75, 3.05) is 14.2 Å². The molecule has 4 heteroatoms. The van der Waals surface area contributed by atoms with Gasteiger partial charge >= 0.3 is 0 Å². The van der Waals surface area contributed by atoms with E-state index in [1.807, 2.05) is 18.2 Å². The smallest absolute Gasteiger partial charge is 0.176 e. The second-order valence-electron chi connectivity index (χ2n) is 3.09. The van der Waals surface area contributed by atoms with E-state index in [9.17, 15) is 0 Å². The van der Waals surface area contributed by atoms with Crippen LogP contribution in [-0.2, 0) is 5.33 Å². The quantitative estimate of drug-likeness (QED) is 0.802. The number of furan rings is 1. The molecule has 15 heavy (non-hydrogen) atoms. The maximum atomic E-state index is 5.61. The Morgan fingerprint density at radius 2 is 2.00 bits per heavy atom. The summed E-state index contributed by atoms with van der Waals surface area (Å²) in [6.45, 7) is 0. The van der Waals surface area contributed by atoms with Crippen molar-refractivity contribution >= 4 is 26.9 Å². The predicted molar refractivity (Wildman–Crippen MR) is 61.9 cm³/mol. The minimum absolute atomic E-state index is 0.688. The fourth-order valence-electron chi connectivity index (χ4n) is 1.48. The molecular weight excluding hydrogens is 260 g/mol. The fraction of sp³-hybridized carbons (Fsp3) is 0.273. The van der Waals surface area contributed by atoms with E-state index in [-0.39, 0.29) is 0 Å². The molecule has 2 rings (SSSR count). The van der Waals surface area contributed by atoms with Crippen LogP contribution >= 0.6 is 15.9 Å². The molecule has 0 bridgehead atoms. The predicted octanol–water partition coefficient (Wildman–Crippen LogP) is 3.34. The van der Waals surface area contributed by atoms with Crippen molar-refractivity contribution in [3.63, 3.8) is 0 Å². The number of methoxy groups -OCH3 is 2. The van der Waals surface area contributed by atoms with E-state index in [0.29, 0.717) is 11.1 Å². The molecule has 0 fully saturated rings. The number of hydrogen-bond donors (Lipinski definition) is 0. The summed E-state index contributed by atoms with van der Waals surface area (Å²) in [5.74, 6) is 2.33. The number of alkyl halides is 1. The van der Waals surface area contributed by atoms with Gasteiger partial charge in [-0.15, -0.1) is 0 Å². The monoisotopic (exact) mass is 270 g/mol. The summed E-state index contributed by atoms with van der Waals surface area (Å²) in [6.07, 6.45) is 0. The summed E-state index contributed by atoms with van der Waals surface area (Å²) in [5.41, 5.74) is 0.757. The SMILES string of the molecule is COc1cc(OC)c2oc(CBr)cc2c1. The van der Waals surface area contributed by atoms with Gasteiger partial charge in [-0.3, -0.25) is 0 Å². The molecule has 2 aromatic rings. The highest BCUT2D eigenvalue weighted by Crippen LogP contribution is 2.33. The molecule has 0 atom stereocenters. The molecule has 1 heterocycles. The molecule has 80 valence electrons. The lowest BCUT2D eigenvalue weighted by molar-refractivity contribution is 0.392. The lowest BCUT2D eigenvalue weighted by Gasteiger charge is -2.03. The summed E-state index contributed by atoms with van der Waals surface area (Å²) in [4.78, 5) is 0. The van der Waals surface area contributed by atoms with Crippen LogP contribution in [0.25, 0.3) is 11.0 Å². The summed E-state index contributed by atoms with van der Waals surface area (Å²) in [6, 6.07) is 5.70. The van der Waals surface area contributed by atoms with Crippen molar-refractivity contribution < 1.29 is 13.9 Å². The van der Waals surface area contributed by atoms with Crippen LogP contribution in [0.2, 0.25) is 0 Å². The number of benzene rings is 1. The highest BCUT2D eigenvalue weighted by Gasteiger charge is 2.10. The molecule has 0 N–H and O–H groups in total. The molecule has 0 aliphatic heterocycles.